The molecule has 1 aromatic heterocycles. The average Bonchev–Trinajstić information content (AvgIpc) is 2.69. The van der Waals surface area contributed by atoms with Crippen molar-refractivity contribution in [2.45, 2.75) is 54.4 Å². The Morgan fingerprint density at radius 3 is 2.04 bits per heavy atom. The Bertz CT molecular complexity index is 935. The molecule has 150 valence electrons. The van der Waals surface area contributed by atoms with Crippen LogP contribution in [0.1, 0.15) is 68.9 Å². The van der Waals surface area contributed by atoms with Gasteiger partial charge in [0.05, 0.1) is 0 Å². The summed E-state index contributed by atoms with van der Waals surface area (Å²) in [6.07, 6.45) is 0. The number of carbonyl (C=O) groups excluding carboxylic acids is 1. The van der Waals surface area contributed by atoms with E-state index in [4.69, 9.17) is 4.42 Å². The zero-order chi connectivity index (χ0) is 21.3. The first-order chi connectivity index (χ1) is 13.3. The summed E-state index contributed by atoms with van der Waals surface area (Å²) in [5.41, 5.74) is 3.38. The standard InChI is InChI=1S/C13H14O2.C10H12O.C2H6/c1-8(2)10-4-5-11-9(3)6-13(14)15-12(11)7-10;1-8(2)10(11)9-6-4-3-5-7-9;1-2/h4-8H,1-3H3;3-8H,1-2H3;1-2H3. The predicted molar refractivity (Wildman–Crippen MR) is 118 cm³/mol. The second-order valence-corrected chi connectivity index (χ2v) is 7.04. The lowest BCUT2D eigenvalue weighted by Gasteiger charge is -2.06. The number of Topliss-reactive ketones (excluding diaryl/α,β-unsaturated/α-hetero) is 1. The summed E-state index contributed by atoms with van der Waals surface area (Å²) in [4.78, 5) is 22.6. The maximum atomic E-state index is 11.3. The zero-order valence-electron chi connectivity index (χ0n) is 18.1. The molecular weight excluding hydrogens is 348 g/mol. The highest BCUT2D eigenvalue weighted by molar-refractivity contribution is 5.97. The molecule has 3 nitrogen and oxygen atoms in total. The summed E-state index contributed by atoms with van der Waals surface area (Å²) in [6, 6.07) is 17.0. The molecule has 0 radical (unpaired) electrons. The minimum absolute atomic E-state index is 0.0948. The fraction of sp³-hybridized carbons (Fsp3) is 0.360. The Balaban J connectivity index is 0.000000268. The number of carbonyl (C=O) groups is 1. The van der Waals surface area contributed by atoms with Crippen molar-refractivity contribution in [1.29, 1.82) is 0 Å². The Hall–Kier alpha value is -2.68. The summed E-state index contributed by atoms with van der Waals surface area (Å²) in [5, 5.41) is 1.01. The molecule has 1 heterocycles. The zero-order valence-corrected chi connectivity index (χ0v) is 18.1. The molecule has 0 unspecified atom stereocenters. The lowest BCUT2D eigenvalue weighted by Crippen LogP contribution is -2.06. The van der Waals surface area contributed by atoms with Crippen LogP contribution in [0, 0.1) is 12.8 Å². The van der Waals surface area contributed by atoms with Crippen molar-refractivity contribution in [3.63, 3.8) is 0 Å². The maximum Gasteiger partial charge on any atom is 0.336 e. The van der Waals surface area contributed by atoms with Gasteiger partial charge < -0.3 is 4.42 Å². The number of hydrogen-bond acceptors (Lipinski definition) is 3. The number of fused-ring (bicyclic) bond motifs is 1. The number of benzene rings is 2. The highest BCUT2D eigenvalue weighted by Gasteiger charge is 2.08. The van der Waals surface area contributed by atoms with E-state index in [2.05, 4.69) is 19.9 Å². The van der Waals surface area contributed by atoms with Gasteiger partial charge in [-0.05, 0) is 30.0 Å². The molecule has 0 saturated carbocycles. The molecule has 3 rings (SSSR count). The van der Waals surface area contributed by atoms with E-state index in [1.165, 1.54) is 11.6 Å². The van der Waals surface area contributed by atoms with Crippen LogP contribution in [-0.4, -0.2) is 5.78 Å². The molecule has 28 heavy (non-hydrogen) atoms. The summed E-state index contributed by atoms with van der Waals surface area (Å²) in [6.45, 7) is 14.0. The van der Waals surface area contributed by atoms with Crippen LogP contribution in [0.4, 0.5) is 0 Å². The first-order valence-electron chi connectivity index (χ1n) is 9.93. The molecule has 0 bridgehead atoms. The summed E-state index contributed by atoms with van der Waals surface area (Å²) in [7, 11) is 0. The van der Waals surface area contributed by atoms with Crippen LogP contribution >= 0.6 is 0 Å². The molecule has 3 heteroatoms. The molecule has 0 amide bonds. The Morgan fingerprint density at radius 2 is 1.50 bits per heavy atom. The molecule has 0 fully saturated rings. The minimum atomic E-state index is -0.277. The van der Waals surface area contributed by atoms with Crippen molar-refractivity contribution in [3.05, 3.63) is 81.7 Å². The highest BCUT2D eigenvalue weighted by atomic mass is 16.4. The number of aryl methyl sites for hydroxylation is 1. The van der Waals surface area contributed by atoms with Gasteiger partial charge in [-0.3, -0.25) is 4.79 Å². The van der Waals surface area contributed by atoms with E-state index in [-0.39, 0.29) is 17.3 Å². The highest BCUT2D eigenvalue weighted by Crippen LogP contribution is 2.22. The molecular formula is C25H32O3. The smallest absolute Gasteiger partial charge is 0.336 e. The lowest BCUT2D eigenvalue weighted by molar-refractivity contribution is 0.0939. The normalized spacial score (nSPS) is 10.2. The molecule has 0 spiro atoms. The van der Waals surface area contributed by atoms with E-state index in [0.29, 0.717) is 11.5 Å². The van der Waals surface area contributed by atoms with Crippen molar-refractivity contribution in [2.75, 3.05) is 0 Å². The van der Waals surface area contributed by atoms with Crippen LogP contribution in [0.2, 0.25) is 0 Å². The summed E-state index contributed by atoms with van der Waals surface area (Å²) < 4.78 is 5.18. The van der Waals surface area contributed by atoms with Crippen molar-refractivity contribution in [2.24, 2.45) is 5.92 Å². The van der Waals surface area contributed by atoms with Crippen LogP contribution in [0.3, 0.4) is 0 Å². The Labute approximate surface area is 168 Å². The third kappa shape index (κ3) is 6.49. The largest absolute Gasteiger partial charge is 0.423 e. The summed E-state index contributed by atoms with van der Waals surface area (Å²) >= 11 is 0. The fourth-order valence-electron chi connectivity index (χ4n) is 2.64. The SMILES string of the molecule is CC.CC(C)C(=O)c1ccccc1.Cc1cc(=O)oc2cc(C(C)C)ccc12. The van der Waals surface area contributed by atoms with Gasteiger partial charge in [0.2, 0.25) is 0 Å². The van der Waals surface area contributed by atoms with Gasteiger partial charge in [0.15, 0.2) is 5.78 Å². The minimum Gasteiger partial charge on any atom is -0.423 e. The molecule has 0 aliphatic carbocycles. The van der Waals surface area contributed by atoms with Gasteiger partial charge in [-0.2, -0.15) is 0 Å². The van der Waals surface area contributed by atoms with Gasteiger partial charge in [0, 0.05) is 22.9 Å². The lowest BCUT2D eigenvalue weighted by atomic mass is 10.0. The number of hydrogen-bond donors (Lipinski definition) is 0. The molecule has 0 aliphatic rings. The van der Waals surface area contributed by atoms with Crippen molar-refractivity contribution in [3.8, 4) is 0 Å². The van der Waals surface area contributed by atoms with Gasteiger partial charge in [-0.1, -0.05) is 84.0 Å². The summed E-state index contributed by atoms with van der Waals surface area (Å²) in [5.74, 6) is 0.753. The Kier molecular flexibility index (Phi) is 9.37. The van der Waals surface area contributed by atoms with Crippen LogP contribution in [0.25, 0.3) is 11.0 Å². The number of ketones is 1. The van der Waals surface area contributed by atoms with Crippen LogP contribution in [0.5, 0.6) is 0 Å². The molecule has 0 N–H and O–H groups in total. The molecule has 0 saturated heterocycles. The van der Waals surface area contributed by atoms with E-state index in [0.717, 1.165) is 16.5 Å². The average molecular weight is 381 g/mol. The second kappa shape index (κ2) is 11.2. The van der Waals surface area contributed by atoms with Gasteiger partial charge in [0.1, 0.15) is 5.58 Å². The van der Waals surface area contributed by atoms with Crippen molar-refractivity contribution < 1.29 is 9.21 Å². The van der Waals surface area contributed by atoms with E-state index < -0.39 is 0 Å². The van der Waals surface area contributed by atoms with Crippen LogP contribution in [-0.2, 0) is 0 Å². The second-order valence-electron chi connectivity index (χ2n) is 7.04. The van der Waals surface area contributed by atoms with Gasteiger partial charge in [-0.25, -0.2) is 4.79 Å². The quantitative estimate of drug-likeness (QED) is 0.372. The van der Waals surface area contributed by atoms with E-state index in [9.17, 15) is 9.59 Å². The van der Waals surface area contributed by atoms with Crippen molar-refractivity contribution >= 4 is 16.8 Å². The van der Waals surface area contributed by atoms with Crippen molar-refractivity contribution in [1.82, 2.24) is 0 Å². The molecule has 3 aromatic rings. The fourth-order valence-corrected chi connectivity index (χ4v) is 2.64. The van der Waals surface area contributed by atoms with Crippen LogP contribution < -0.4 is 5.63 Å². The first kappa shape index (κ1) is 23.4. The molecule has 2 aromatic carbocycles. The van der Waals surface area contributed by atoms with Gasteiger partial charge in [-0.15, -0.1) is 0 Å². The predicted octanol–water partition coefficient (Wildman–Crippen LogP) is 6.78. The monoisotopic (exact) mass is 380 g/mol. The molecule has 0 atom stereocenters. The van der Waals surface area contributed by atoms with Gasteiger partial charge in [0.25, 0.3) is 0 Å². The topological polar surface area (TPSA) is 47.3 Å². The van der Waals surface area contributed by atoms with E-state index in [1.54, 1.807) is 0 Å². The van der Waals surface area contributed by atoms with E-state index in [1.807, 2.05) is 77.1 Å². The van der Waals surface area contributed by atoms with Crippen LogP contribution in [0.15, 0.2) is 63.8 Å². The Morgan fingerprint density at radius 1 is 0.893 bits per heavy atom. The van der Waals surface area contributed by atoms with Gasteiger partial charge >= 0.3 is 5.63 Å². The first-order valence-corrected chi connectivity index (χ1v) is 9.93. The third-order valence-electron chi connectivity index (χ3n) is 4.22. The maximum absolute atomic E-state index is 11.3. The van der Waals surface area contributed by atoms with E-state index >= 15 is 0 Å². The third-order valence-corrected chi connectivity index (χ3v) is 4.22. The number of rotatable bonds is 3. The molecule has 0 aliphatic heterocycles.